The highest BCUT2D eigenvalue weighted by atomic mass is 16.5. The van der Waals surface area contributed by atoms with E-state index in [4.69, 9.17) is 9.47 Å². The standard InChI is InChI=1S/C14H19NO4/c1-18-10-13(15-11-16)7-8-14(17)19-9-12-5-3-2-4-6-12/h2-6,11,13H,7-10H2,1H3,(H,15,16). The predicted octanol–water partition coefficient (Wildman–Crippen LogP) is 1.27. The van der Waals surface area contributed by atoms with E-state index in [-0.39, 0.29) is 25.0 Å². The van der Waals surface area contributed by atoms with Crippen molar-refractivity contribution in [2.24, 2.45) is 0 Å². The molecule has 5 heteroatoms. The van der Waals surface area contributed by atoms with Crippen molar-refractivity contribution in [1.29, 1.82) is 0 Å². The molecule has 0 saturated carbocycles. The van der Waals surface area contributed by atoms with Gasteiger partial charge in [0.25, 0.3) is 0 Å². The molecule has 0 heterocycles. The zero-order valence-electron chi connectivity index (χ0n) is 11.0. The summed E-state index contributed by atoms with van der Waals surface area (Å²) >= 11 is 0. The second kappa shape index (κ2) is 9.10. The molecule has 5 nitrogen and oxygen atoms in total. The molecule has 1 atom stereocenters. The maximum Gasteiger partial charge on any atom is 0.306 e. The van der Waals surface area contributed by atoms with Crippen LogP contribution in [-0.4, -0.2) is 32.1 Å². The van der Waals surface area contributed by atoms with Crippen molar-refractivity contribution in [2.45, 2.75) is 25.5 Å². The lowest BCUT2D eigenvalue weighted by atomic mass is 10.1. The van der Waals surface area contributed by atoms with Crippen molar-refractivity contribution in [2.75, 3.05) is 13.7 Å². The Hall–Kier alpha value is -1.88. The van der Waals surface area contributed by atoms with Crippen molar-refractivity contribution in [3.63, 3.8) is 0 Å². The molecule has 0 spiro atoms. The first kappa shape index (κ1) is 15.2. The minimum atomic E-state index is -0.280. The van der Waals surface area contributed by atoms with Gasteiger partial charge in [-0.15, -0.1) is 0 Å². The van der Waals surface area contributed by atoms with Crippen LogP contribution in [0.1, 0.15) is 18.4 Å². The Bertz CT molecular complexity index is 380. The first-order chi connectivity index (χ1) is 9.26. The smallest absolute Gasteiger partial charge is 0.306 e. The van der Waals surface area contributed by atoms with Gasteiger partial charge in [0.2, 0.25) is 6.41 Å². The van der Waals surface area contributed by atoms with E-state index in [1.807, 2.05) is 30.3 Å². The number of amides is 1. The third kappa shape index (κ3) is 6.57. The van der Waals surface area contributed by atoms with Crippen LogP contribution in [0.25, 0.3) is 0 Å². The normalized spacial score (nSPS) is 11.6. The Morgan fingerprint density at radius 3 is 2.74 bits per heavy atom. The number of benzene rings is 1. The van der Waals surface area contributed by atoms with Crippen LogP contribution in [0, 0.1) is 0 Å². The number of hydrogen-bond donors (Lipinski definition) is 1. The Morgan fingerprint density at radius 2 is 2.11 bits per heavy atom. The van der Waals surface area contributed by atoms with Gasteiger partial charge in [-0.1, -0.05) is 30.3 Å². The Balaban J connectivity index is 2.25. The van der Waals surface area contributed by atoms with Crippen LogP contribution in [0.15, 0.2) is 30.3 Å². The van der Waals surface area contributed by atoms with Gasteiger partial charge in [-0.25, -0.2) is 0 Å². The molecule has 104 valence electrons. The number of nitrogens with one attached hydrogen (secondary N) is 1. The van der Waals surface area contributed by atoms with Gasteiger partial charge in [0.05, 0.1) is 12.6 Å². The second-order valence-electron chi connectivity index (χ2n) is 4.12. The fourth-order valence-electron chi connectivity index (χ4n) is 1.61. The van der Waals surface area contributed by atoms with E-state index < -0.39 is 0 Å². The number of carbonyl (C=O) groups excluding carboxylic acids is 2. The van der Waals surface area contributed by atoms with E-state index >= 15 is 0 Å². The molecule has 19 heavy (non-hydrogen) atoms. The van der Waals surface area contributed by atoms with Crippen LogP contribution < -0.4 is 5.32 Å². The largest absolute Gasteiger partial charge is 0.461 e. The summed E-state index contributed by atoms with van der Waals surface area (Å²) in [6.45, 7) is 0.653. The average Bonchev–Trinajstić information content (AvgIpc) is 2.44. The zero-order valence-corrected chi connectivity index (χ0v) is 11.0. The van der Waals surface area contributed by atoms with Crippen LogP contribution in [0.2, 0.25) is 0 Å². The third-order valence-corrected chi connectivity index (χ3v) is 2.61. The molecule has 1 unspecified atom stereocenters. The Kier molecular flexibility index (Phi) is 7.27. The summed E-state index contributed by atoms with van der Waals surface area (Å²) in [7, 11) is 1.55. The summed E-state index contributed by atoms with van der Waals surface area (Å²) < 4.78 is 10.1. The van der Waals surface area contributed by atoms with Crippen molar-refractivity contribution >= 4 is 12.4 Å². The van der Waals surface area contributed by atoms with Gasteiger partial charge in [-0.2, -0.15) is 0 Å². The van der Waals surface area contributed by atoms with Crippen LogP contribution in [0.3, 0.4) is 0 Å². The van der Waals surface area contributed by atoms with Crippen LogP contribution in [0.4, 0.5) is 0 Å². The van der Waals surface area contributed by atoms with E-state index in [2.05, 4.69) is 5.32 Å². The fraction of sp³-hybridized carbons (Fsp3) is 0.429. The fourth-order valence-corrected chi connectivity index (χ4v) is 1.61. The molecule has 1 aromatic carbocycles. The van der Waals surface area contributed by atoms with E-state index in [0.29, 0.717) is 19.4 Å². The van der Waals surface area contributed by atoms with Gasteiger partial charge < -0.3 is 14.8 Å². The average molecular weight is 265 g/mol. The first-order valence-electron chi connectivity index (χ1n) is 6.14. The molecular formula is C14H19NO4. The highest BCUT2D eigenvalue weighted by molar-refractivity contribution is 5.69. The van der Waals surface area contributed by atoms with E-state index in [1.165, 1.54) is 0 Å². The molecule has 1 amide bonds. The van der Waals surface area contributed by atoms with Crippen LogP contribution in [-0.2, 0) is 25.7 Å². The van der Waals surface area contributed by atoms with Crippen molar-refractivity contribution < 1.29 is 19.1 Å². The molecular weight excluding hydrogens is 246 g/mol. The highest BCUT2D eigenvalue weighted by Gasteiger charge is 2.11. The number of rotatable bonds is 9. The van der Waals surface area contributed by atoms with Gasteiger partial charge in [0, 0.05) is 13.5 Å². The molecule has 0 radical (unpaired) electrons. The van der Waals surface area contributed by atoms with Gasteiger partial charge in [-0.3, -0.25) is 9.59 Å². The number of carbonyl (C=O) groups is 2. The lowest BCUT2D eigenvalue weighted by Gasteiger charge is -2.14. The number of hydrogen-bond acceptors (Lipinski definition) is 4. The number of ether oxygens (including phenoxy) is 2. The molecule has 1 N–H and O–H groups in total. The van der Waals surface area contributed by atoms with Gasteiger partial charge in [-0.05, 0) is 12.0 Å². The van der Waals surface area contributed by atoms with Crippen LogP contribution in [0.5, 0.6) is 0 Å². The summed E-state index contributed by atoms with van der Waals surface area (Å²) in [5, 5.41) is 2.60. The number of methoxy groups -OCH3 is 1. The molecule has 0 aliphatic heterocycles. The molecule has 0 fully saturated rings. The molecule has 0 aromatic heterocycles. The Morgan fingerprint density at radius 1 is 1.37 bits per heavy atom. The second-order valence-corrected chi connectivity index (χ2v) is 4.12. The highest BCUT2D eigenvalue weighted by Crippen LogP contribution is 2.04. The summed E-state index contributed by atoms with van der Waals surface area (Å²) in [5.74, 6) is -0.280. The topological polar surface area (TPSA) is 64.6 Å². The van der Waals surface area contributed by atoms with Gasteiger partial charge >= 0.3 is 5.97 Å². The van der Waals surface area contributed by atoms with Crippen molar-refractivity contribution in [3.8, 4) is 0 Å². The minimum absolute atomic E-state index is 0.160. The summed E-state index contributed by atoms with van der Waals surface area (Å²) in [6, 6.07) is 9.33. The summed E-state index contributed by atoms with van der Waals surface area (Å²) in [6.07, 6.45) is 1.36. The van der Waals surface area contributed by atoms with Crippen molar-refractivity contribution in [3.05, 3.63) is 35.9 Å². The predicted molar refractivity (Wildman–Crippen MR) is 70.3 cm³/mol. The lowest BCUT2D eigenvalue weighted by molar-refractivity contribution is -0.145. The quantitative estimate of drug-likeness (QED) is 0.539. The van der Waals surface area contributed by atoms with Crippen molar-refractivity contribution in [1.82, 2.24) is 5.32 Å². The minimum Gasteiger partial charge on any atom is -0.461 e. The van der Waals surface area contributed by atoms with E-state index in [1.54, 1.807) is 7.11 Å². The Labute approximate surface area is 112 Å². The number of esters is 1. The molecule has 1 rings (SSSR count). The zero-order chi connectivity index (χ0) is 13.9. The lowest BCUT2D eigenvalue weighted by Crippen LogP contribution is -2.32. The molecule has 0 aliphatic rings. The monoisotopic (exact) mass is 265 g/mol. The van der Waals surface area contributed by atoms with Crippen LogP contribution >= 0.6 is 0 Å². The van der Waals surface area contributed by atoms with Gasteiger partial charge in [0.1, 0.15) is 6.61 Å². The van der Waals surface area contributed by atoms with E-state index in [0.717, 1.165) is 5.56 Å². The summed E-state index contributed by atoms with van der Waals surface area (Å²) in [4.78, 5) is 21.9. The van der Waals surface area contributed by atoms with Gasteiger partial charge in [0.15, 0.2) is 0 Å². The third-order valence-electron chi connectivity index (χ3n) is 2.61. The maximum absolute atomic E-state index is 11.6. The SMILES string of the molecule is COCC(CCC(=O)OCc1ccccc1)NC=O. The molecule has 0 bridgehead atoms. The molecule has 0 aliphatic carbocycles. The first-order valence-corrected chi connectivity index (χ1v) is 6.14. The molecule has 1 aromatic rings. The summed E-state index contributed by atoms with van der Waals surface area (Å²) in [5.41, 5.74) is 0.954. The maximum atomic E-state index is 11.6. The van der Waals surface area contributed by atoms with E-state index in [9.17, 15) is 9.59 Å². The molecule has 0 saturated heterocycles.